The van der Waals surface area contributed by atoms with Crippen LogP contribution in [0, 0.1) is 0 Å². The van der Waals surface area contributed by atoms with Crippen molar-refractivity contribution in [3.05, 3.63) is 117 Å². The van der Waals surface area contributed by atoms with Crippen molar-refractivity contribution in [2.45, 2.75) is 11.8 Å². The summed E-state index contributed by atoms with van der Waals surface area (Å²) in [7, 11) is 1.76. The molecule has 5 aromatic rings. The number of hydrogen-bond donors (Lipinski definition) is 1. The first-order valence-corrected chi connectivity index (χ1v) is 11.7. The lowest BCUT2D eigenvalue weighted by Gasteiger charge is -2.31. The van der Waals surface area contributed by atoms with Crippen LogP contribution in [-0.4, -0.2) is 19.1 Å². The second kappa shape index (κ2) is 9.02. The molecule has 3 aromatic heterocycles. The summed E-state index contributed by atoms with van der Waals surface area (Å²) in [5.41, 5.74) is 6.10. The molecule has 0 bridgehead atoms. The van der Waals surface area contributed by atoms with E-state index in [-0.39, 0.29) is 15.5 Å². The number of nitrogens with zero attached hydrogens (tertiary/aromatic N) is 4. The van der Waals surface area contributed by atoms with Gasteiger partial charge in [-0.2, -0.15) is 0 Å². The normalized spacial score (nSPS) is 13.6. The molecule has 6 nitrogen and oxygen atoms in total. The van der Waals surface area contributed by atoms with Crippen LogP contribution in [0.5, 0.6) is 0 Å². The number of aromatic nitrogens is 4. The van der Waals surface area contributed by atoms with Crippen LogP contribution in [0.25, 0.3) is 22.2 Å². The van der Waals surface area contributed by atoms with E-state index in [0.29, 0.717) is 32.4 Å². The Morgan fingerprint density at radius 2 is 1.65 bits per heavy atom. The SMILES string of the molecule is Cn1cncc1C(N)(c1ccc(Cl)cc1)c1cnc2c(c1)c(-c1cccc(Cl)c1)cc(=O)n2C(F)(F)F. The zero-order valence-electron chi connectivity index (χ0n) is 19.2. The number of alkyl halides is 3. The maximum absolute atomic E-state index is 13.9. The van der Waals surface area contributed by atoms with E-state index in [2.05, 4.69) is 9.97 Å². The number of pyridine rings is 2. The quantitative estimate of drug-likeness (QED) is 0.309. The molecule has 0 amide bonds. The van der Waals surface area contributed by atoms with E-state index >= 15 is 0 Å². The highest BCUT2D eigenvalue weighted by atomic mass is 35.5. The van der Waals surface area contributed by atoms with Crippen molar-refractivity contribution in [3.8, 4) is 11.1 Å². The van der Waals surface area contributed by atoms with Crippen molar-refractivity contribution >= 4 is 34.2 Å². The summed E-state index contributed by atoms with van der Waals surface area (Å²) in [6.07, 6.45) is -0.602. The molecule has 2 N–H and O–H groups in total. The molecular formula is C26H18Cl2F3N5O. The second-order valence-corrected chi connectivity index (χ2v) is 9.38. The fourth-order valence-electron chi connectivity index (χ4n) is 4.47. The number of aryl methyl sites for hydroxylation is 1. The molecule has 0 saturated heterocycles. The first-order chi connectivity index (χ1) is 17.5. The number of nitrogens with two attached hydrogens (primary N) is 1. The number of imidazole rings is 1. The molecule has 1 atom stereocenters. The van der Waals surface area contributed by atoms with Gasteiger partial charge in [-0.25, -0.2) is 14.5 Å². The van der Waals surface area contributed by atoms with Crippen molar-refractivity contribution in [1.29, 1.82) is 0 Å². The van der Waals surface area contributed by atoms with Crippen LogP contribution in [0.2, 0.25) is 10.0 Å². The van der Waals surface area contributed by atoms with Gasteiger partial charge in [0.1, 0.15) is 5.54 Å². The molecule has 0 aliphatic carbocycles. The first kappa shape index (κ1) is 25.0. The molecule has 11 heteroatoms. The molecule has 0 spiro atoms. The van der Waals surface area contributed by atoms with E-state index in [1.807, 2.05) is 0 Å². The maximum atomic E-state index is 13.9. The number of rotatable bonds is 4. The van der Waals surface area contributed by atoms with Gasteiger partial charge in [-0.05, 0) is 47.0 Å². The third kappa shape index (κ3) is 4.29. The number of fused-ring (bicyclic) bond motifs is 1. The van der Waals surface area contributed by atoms with Gasteiger partial charge in [0.15, 0.2) is 5.65 Å². The molecule has 1 unspecified atom stereocenters. The Hall–Kier alpha value is -3.66. The third-order valence-corrected chi connectivity index (χ3v) is 6.71. The topological polar surface area (TPSA) is 78.7 Å². The molecule has 0 aliphatic rings. The number of benzene rings is 2. The summed E-state index contributed by atoms with van der Waals surface area (Å²) in [5, 5.41) is 0.923. The molecule has 0 saturated carbocycles. The van der Waals surface area contributed by atoms with Crippen LogP contribution < -0.4 is 11.3 Å². The fourth-order valence-corrected chi connectivity index (χ4v) is 4.79. The van der Waals surface area contributed by atoms with Gasteiger partial charge in [-0.15, -0.1) is 13.2 Å². The van der Waals surface area contributed by atoms with Crippen molar-refractivity contribution in [2.24, 2.45) is 12.8 Å². The number of hydrogen-bond acceptors (Lipinski definition) is 4. The van der Waals surface area contributed by atoms with Crippen LogP contribution in [-0.2, 0) is 18.9 Å². The van der Waals surface area contributed by atoms with E-state index in [1.54, 1.807) is 72.7 Å². The van der Waals surface area contributed by atoms with Crippen molar-refractivity contribution in [2.75, 3.05) is 0 Å². The van der Waals surface area contributed by atoms with Crippen LogP contribution in [0.4, 0.5) is 13.2 Å². The van der Waals surface area contributed by atoms with E-state index in [0.717, 1.165) is 6.07 Å². The Labute approximate surface area is 218 Å². The van der Waals surface area contributed by atoms with E-state index < -0.39 is 23.0 Å². The van der Waals surface area contributed by atoms with E-state index in [4.69, 9.17) is 28.9 Å². The van der Waals surface area contributed by atoms with Gasteiger partial charge in [0, 0.05) is 40.3 Å². The third-order valence-electron chi connectivity index (χ3n) is 6.22. The van der Waals surface area contributed by atoms with E-state index in [9.17, 15) is 18.0 Å². The molecule has 2 aromatic carbocycles. The zero-order valence-corrected chi connectivity index (χ0v) is 20.7. The van der Waals surface area contributed by atoms with Crippen molar-refractivity contribution < 1.29 is 13.2 Å². The Bertz CT molecular complexity index is 1700. The second-order valence-electron chi connectivity index (χ2n) is 8.51. The monoisotopic (exact) mass is 543 g/mol. The minimum atomic E-state index is -4.99. The lowest BCUT2D eigenvalue weighted by molar-refractivity contribution is -0.203. The summed E-state index contributed by atoms with van der Waals surface area (Å²) in [6, 6.07) is 15.7. The van der Waals surface area contributed by atoms with Crippen LogP contribution >= 0.6 is 23.2 Å². The average Bonchev–Trinajstić information content (AvgIpc) is 3.28. The Morgan fingerprint density at radius 3 is 2.27 bits per heavy atom. The van der Waals surface area contributed by atoms with Gasteiger partial charge in [0.05, 0.1) is 18.2 Å². The Kier molecular flexibility index (Phi) is 6.10. The highest BCUT2D eigenvalue weighted by Gasteiger charge is 2.38. The van der Waals surface area contributed by atoms with E-state index in [1.165, 1.54) is 12.3 Å². The largest absolute Gasteiger partial charge is 0.493 e. The summed E-state index contributed by atoms with van der Waals surface area (Å²) in [6.45, 7) is 0. The van der Waals surface area contributed by atoms with Crippen LogP contribution in [0.3, 0.4) is 0 Å². The smallest absolute Gasteiger partial charge is 0.336 e. The molecular weight excluding hydrogens is 526 g/mol. The predicted octanol–water partition coefficient (Wildman–Crippen LogP) is 5.83. The minimum absolute atomic E-state index is 0.0719. The molecule has 0 aliphatic heterocycles. The highest BCUT2D eigenvalue weighted by Crippen LogP contribution is 2.38. The van der Waals surface area contributed by atoms with Crippen LogP contribution in [0.15, 0.2) is 84.2 Å². The minimum Gasteiger partial charge on any atom is -0.336 e. The zero-order chi connectivity index (χ0) is 26.5. The molecule has 188 valence electrons. The lowest BCUT2D eigenvalue weighted by Crippen LogP contribution is -2.41. The summed E-state index contributed by atoms with van der Waals surface area (Å²) >= 11 is 12.2. The summed E-state index contributed by atoms with van der Waals surface area (Å²) in [5.74, 6) is 0. The highest BCUT2D eigenvalue weighted by molar-refractivity contribution is 6.31. The molecule has 0 fully saturated rings. The standard InChI is InChI=1S/C26H18Cl2F3N5O/c1-35-14-33-13-22(35)25(32,16-5-7-18(27)8-6-16)17-10-21-20(15-3-2-4-19(28)9-15)11-23(37)36(26(29,30)31)24(21)34-12-17/h2-14H,32H2,1H3. The number of halogens is 5. The Balaban J connectivity index is 1.88. The molecule has 37 heavy (non-hydrogen) atoms. The van der Waals surface area contributed by atoms with Crippen molar-refractivity contribution in [3.63, 3.8) is 0 Å². The average molecular weight is 544 g/mol. The van der Waals surface area contributed by atoms with Crippen LogP contribution in [0.1, 0.15) is 16.8 Å². The van der Waals surface area contributed by atoms with Crippen molar-refractivity contribution in [1.82, 2.24) is 19.1 Å². The first-order valence-electron chi connectivity index (χ1n) is 10.9. The lowest BCUT2D eigenvalue weighted by atomic mass is 9.81. The van der Waals surface area contributed by atoms with Gasteiger partial charge in [-0.1, -0.05) is 47.5 Å². The van der Waals surface area contributed by atoms with Gasteiger partial charge in [0.2, 0.25) is 0 Å². The predicted molar refractivity (Wildman–Crippen MR) is 136 cm³/mol. The fraction of sp³-hybridized carbons (Fsp3) is 0.115. The van der Waals surface area contributed by atoms with Gasteiger partial charge < -0.3 is 10.3 Å². The summed E-state index contributed by atoms with van der Waals surface area (Å²) < 4.78 is 43.3. The van der Waals surface area contributed by atoms with Gasteiger partial charge >= 0.3 is 6.30 Å². The maximum Gasteiger partial charge on any atom is 0.493 e. The molecule has 3 heterocycles. The van der Waals surface area contributed by atoms with Gasteiger partial charge in [0.25, 0.3) is 5.56 Å². The van der Waals surface area contributed by atoms with Gasteiger partial charge in [-0.3, -0.25) is 4.79 Å². The molecule has 0 radical (unpaired) electrons. The molecule has 5 rings (SSSR count). The summed E-state index contributed by atoms with van der Waals surface area (Å²) in [4.78, 5) is 21.0. The Morgan fingerprint density at radius 1 is 0.919 bits per heavy atom.